The Morgan fingerprint density at radius 2 is 1.97 bits per heavy atom. The average molecular weight is 459 g/mol. The molecule has 1 aromatic carbocycles. The molecule has 0 bridgehead atoms. The summed E-state index contributed by atoms with van der Waals surface area (Å²) < 4.78 is 13.4. The van der Waals surface area contributed by atoms with E-state index >= 15 is 0 Å². The van der Waals surface area contributed by atoms with Crippen LogP contribution >= 0.6 is 0 Å². The number of H-pyrrole nitrogens is 1. The second kappa shape index (κ2) is 10.9. The van der Waals surface area contributed by atoms with E-state index in [1.165, 1.54) is 6.07 Å². The number of aromatic nitrogens is 2. The predicted octanol–water partition coefficient (Wildman–Crippen LogP) is 1.54. The lowest BCUT2D eigenvalue weighted by Gasteiger charge is -2.36. The van der Waals surface area contributed by atoms with Gasteiger partial charge in [0.2, 0.25) is 0 Å². The number of aliphatic hydroxyl groups is 1. The van der Waals surface area contributed by atoms with E-state index in [2.05, 4.69) is 15.3 Å². The molecule has 9 heteroatoms. The lowest BCUT2D eigenvalue weighted by Crippen LogP contribution is -2.47. The number of likely N-dealkylation sites (tertiary alicyclic amines) is 1. The molecule has 1 amide bonds. The standard InChI is InChI=1S/C24H34N4O5/c1-17-5-6-19(23-22(17)32-13-4-14-33-23)24(31)25-15-18-7-11-27(16-20(18)29)9-2-3-10-28-12-8-21(30)26-28/h5-6,8,12,18,20,29H,2-4,7,9-11,13-16H2,1H3,(H,25,31)(H,26,30). The predicted molar refractivity (Wildman–Crippen MR) is 124 cm³/mol. The van der Waals surface area contributed by atoms with Crippen molar-refractivity contribution in [2.75, 3.05) is 39.4 Å². The highest BCUT2D eigenvalue weighted by atomic mass is 16.5. The van der Waals surface area contributed by atoms with E-state index in [-0.39, 0.29) is 17.4 Å². The molecule has 0 saturated carbocycles. The lowest BCUT2D eigenvalue weighted by molar-refractivity contribution is 0.0215. The molecule has 180 valence electrons. The summed E-state index contributed by atoms with van der Waals surface area (Å²) in [5.41, 5.74) is 1.35. The maximum atomic E-state index is 12.9. The number of nitrogens with zero attached hydrogens (tertiary/aromatic N) is 2. The minimum atomic E-state index is -0.477. The van der Waals surface area contributed by atoms with Gasteiger partial charge < -0.3 is 24.8 Å². The van der Waals surface area contributed by atoms with Crippen LogP contribution in [0.25, 0.3) is 0 Å². The second-order valence-corrected chi connectivity index (χ2v) is 8.96. The molecule has 4 rings (SSSR count). The highest BCUT2D eigenvalue weighted by molar-refractivity contribution is 5.98. The van der Waals surface area contributed by atoms with Crippen molar-refractivity contribution in [2.24, 2.45) is 5.92 Å². The van der Waals surface area contributed by atoms with Crippen molar-refractivity contribution in [3.63, 3.8) is 0 Å². The summed E-state index contributed by atoms with van der Waals surface area (Å²) in [4.78, 5) is 26.3. The Morgan fingerprint density at radius 1 is 1.18 bits per heavy atom. The number of carbonyl (C=O) groups is 1. The van der Waals surface area contributed by atoms with Crippen molar-refractivity contribution in [3.05, 3.63) is 45.9 Å². The Labute approximate surface area is 193 Å². The van der Waals surface area contributed by atoms with Crippen LogP contribution in [0, 0.1) is 12.8 Å². The third-order valence-electron chi connectivity index (χ3n) is 6.45. The van der Waals surface area contributed by atoms with Crippen LogP contribution in [0.15, 0.2) is 29.2 Å². The SMILES string of the molecule is Cc1ccc(C(=O)NCC2CCN(CCCCn3ccc(=O)[nH]3)CC2O)c2c1OCCCO2. The number of carbonyl (C=O) groups excluding carboxylic acids is 1. The van der Waals surface area contributed by atoms with E-state index < -0.39 is 6.10 Å². The quantitative estimate of drug-likeness (QED) is 0.518. The molecule has 3 heterocycles. The molecule has 3 N–H and O–H groups in total. The molecular formula is C24H34N4O5. The molecule has 2 unspecified atom stereocenters. The largest absolute Gasteiger partial charge is 0.489 e. The van der Waals surface area contributed by atoms with E-state index in [0.29, 0.717) is 43.4 Å². The molecule has 1 aromatic heterocycles. The average Bonchev–Trinajstić information content (AvgIpc) is 3.05. The van der Waals surface area contributed by atoms with Gasteiger partial charge >= 0.3 is 0 Å². The van der Waals surface area contributed by atoms with Gasteiger partial charge in [-0.25, -0.2) is 0 Å². The molecular weight excluding hydrogens is 424 g/mol. The van der Waals surface area contributed by atoms with Crippen molar-refractivity contribution >= 4 is 5.91 Å². The summed E-state index contributed by atoms with van der Waals surface area (Å²) in [6, 6.07) is 5.18. The van der Waals surface area contributed by atoms with E-state index in [1.807, 2.05) is 13.0 Å². The minimum Gasteiger partial charge on any atom is -0.489 e. The fourth-order valence-corrected chi connectivity index (χ4v) is 4.50. The fraction of sp³-hybridized carbons (Fsp3) is 0.583. The van der Waals surface area contributed by atoms with Crippen molar-refractivity contribution in [1.82, 2.24) is 20.0 Å². The molecule has 2 aliphatic rings. The number of aliphatic hydroxyl groups excluding tert-OH is 1. The van der Waals surface area contributed by atoms with Crippen LogP contribution in [-0.4, -0.2) is 71.2 Å². The summed E-state index contributed by atoms with van der Waals surface area (Å²) in [5, 5.41) is 16.4. The molecule has 1 saturated heterocycles. The van der Waals surface area contributed by atoms with E-state index in [4.69, 9.17) is 9.47 Å². The molecule has 0 radical (unpaired) electrons. The van der Waals surface area contributed by atoms with Crippen molar-refractivity contribution in [2.45, 2.75) is 45.3 Å². The first-order valence-electron chi connectivity index (χ1n) is 11.8. The number of fused-ring (bicyclic) bond motifs is 1. The van der Waals surface area contributed by atoms with Crippen molar-refractivity contribution in [1.29, 1.82) is 0 Å². The van der Waals surface area contributed by atoms with Crippen LogP contribution in [0.2, 0.25) is 0 Å². The first-order chi connectivity index (χ1) is 16.0. The molecule has 2 aliphatic heterocycles. The number of rotatable bonds is 8. The van der Waals surface area contributed by atoms with Gasteiger partial charge in [0.25, 0.3) is 11.5 Å². The summed E-state index contributed by atoms with van der Waals surface area (Å²) in [5.74, 6) is 0.992. The minimum absolute atomic E-state index is 0.0244. The number of aromatic amines is 1. The third-order valence-corrected chi connectivity index (χ3v) is 6.45. The van der Waals surface area contributed by atoms with Gasteiger partial charge in [-0.15, -0.1) is 0 Å². The van der Waals surface area contributed by atoms with E-state index in [0.717, 1.165) is 50.9 Å². The number of unbranched alkanes of at least 4 members (excludes halogenated alkanes) is 1. The monoisotopic (exact) mass is 458 g/mol. The highest BCUT2D eigenvalue weighted by Gasteiger charge is 2.28. The summed E-state index contributed by atoms with van der Waals surface area (Å²) in [7, 11) is 0. The Bertz CT molecular complexity index is 1000. The molecule has 2 atom stereocenters. The number of aryl methyl sites for hydroxylation is 2. The Balaban J connectivity index is 1.22. The number of amides is 1. The van der Waals surface area contributed by atoms with Gasteiger partial charge in [0.05, 0.1) is 24.9 Å². The van der Waals surface area contributed by atoms with Gasteiger partial charge in [0.15, 0.2) is 11.5 Å². The number of β-amino-alcohol motifs (C(OH)–C–C–N with tert-alkyl or cyclic N) is 1. The number of ether oxygens (including phenoxy) is 2. The smallest absolute Gasteiger partial charge is 0.264 e. The maximum absolute atomic E-state index is 12.9. The van der Waals surface area contributed by atoms with Gasteiger partial charge in [0, 0.05) is 44.2 Å². The van der Waals surface area contributed by atoms with Gasteiger partial charge in [-0.1, -0.05) is 6.07 Å². The second-order valence-electron chi connectivity index (χ2n) is 8.96. The van der Waals surface area contributed by atoms with Crippen molar-refractivity contribution < 1.29 is 19.4 Å². The van der Waals surface area contributed by atoms with E-state index in [1.54, 1.807) is 16.9 Å². The number of hydrogen-bond donors (Lipinski definition) is 3. The molecule has 0 spiro atoms. The van der Waals surface area contributed by atoms with Gasteiger partial charge in [0.1, 0.15) is 0 Å². The Morgan fingerprint density at radius 3 is 2.73 bits per heavy atom. The number of piperidine rings is 1. The zero-order valence-corrected chi connectivity index (χ0v) is 19.2. The Kier molecular flexibility index (Phi) is 7.72. The maximum Gasteiger partial charge on any atom is 0.264 e. The topological polar surface area (TPSA) is 109 Å². The van der Waals surface area contributed by atoms with Crippen LogP contribution < -0.4 is 20.3 Å². The van der Waals surface area contributed by atoms with Crippen LogP contribution in [0.4, 0.5) is 0 Å². The summed E-state index contributed by atoms with van der Waals surface area (Å²) in [6.45, 7) is 6.68. The van der Waals surface area contributed by atoms with E-state index in [9.17, 15) is 14.7 Å². The number of benzene rings is 1. The third kappa shape index (κ3) is 5.97. The van der Waals surface area contributed by atoms with Gasteiger partial charge in [-0.05, 0) is 50.9 Å². The lowest BCUT2D eigenvalue weighted by atomic mass is 9.93. The molecule has 9 nitrogen and oxygen atoms in total. The molecule has 33 heavy (non-hydrogen) atoms. The zero-order valence-electron chi connectivity index (χ0n) is 19.2. The van der Waals surface area contributed by atoms with Gasteiger partial charge in [-0.3, -0.25) is 19.4 Å². The van der Waals surface area contributed by atoms with Crippen molar-refractivity contribution in [3.8, 4) is 11.5 Å². The van der Waals surface area contributed by atoms with Crippen LogP contribution in [0.3, 0.4) is 0 Å². The molecule has 2 aromatic rings. The van der Waals surface area contributed by atoms with Crippen LogP contribution in [-0.2, 0) is 6.54 Å². The molecule has 1 fully saturated rings. The highest BCUT2D eigenvalue weighted by Crippen LogP contribution is 2.36. The number of nitrogens with one attached hydrogen (secondary N) is 2. The normalized spacial score (nSPS) is 20.9. The first-order valence-corrected chi connectivity index (χ1v) is 11.8. The number of hydrogen-bond acceptors (Lipinski definition) is 6. The first kappa shape index (κ1) is 23.4. The fourth-order valence-electron chi connectivity index (χ4n) is 4.50. The van der Waals surface area contributed by atoms with Gasteiger partial charge in [-0.2, -0.15) is 0 Å². The van der Waals surface area contributed by atoms with Crippen LogP contribution in [0.5, 0.6) is 11.5 Å². The van der Waals surface area contributed by atoms with Crippen LogP contribution in [0.1, 0.15) is 41.6 Å². The summed E-state index contributed by atoms with van der Waals surface area (Å²) >= 11 is 0. The Hall–Kier alpha value is -2.78. The molecule has 0 aliphatic carbocycles. The zero-order chi connectivity index (χ0) is 23.2. The summed E-state index contributed by atoms with van der Waals surface area (Å²) in [6.07, 6.45) is 4.86.